The minimum Gasteiger partial charge on any atom is -0.300 e. The van der Waals surface area contributed by atoms with E-state index in [9.17, 15) is 18.0 Å². The van der Waals surface area contributed by atoms with Crippen molar-refractivity contribution >= 4 is 44.3 Å². The number of amides is 2. The summed E-state index contributed by atoms with van der Waals surface area (Å²) in [6.07, 6.45) is 6.65. The molecular formula is C17H24N4O4S2. The zero-order chi connectivity index (χ0) is 19.0. The van der Waals surface area contributed by atoms with Crippen LogP contribution in [0.4, 0.5) is 0 Å². The van der Waals surface area contributed by atoms with E-state index in [2.05, 4.69) is 15.4 Å². The van der Waals surface area contributed by atoms with Crippen LogP contribution in [0.3, 0.4) is 0 Å². The molecule has 8 nitrogen and oxygen atoms in total. The van der Waals surface area contributed by atoms with Gasteiger partial charge in [0, 0.05) is 18.1 Å². The van der Waals surface area contributed by atoms with E-state index in [1.165, 1.54) is 24.3 Å². The van der Waals surface area contributed by atoms with Gasteiger partial charge in [0.2, 0.25) is 5.91 Å². The number of nitrogens with one attached hydrogen (secondary N) is 1. The standard InChI is InChI=1S/C17H24N4O4S2/c22-15-7-6-13(20-21(15)11-8-9-27(24,25)10-11)16(23)19-17-18-12-4-2-1-3-5-14(12)26-17/h11-12,14H,1-10H2,(H,18,19,23)/t11-,12-,14+/m1/s1. The number of hydrogen-bond acceptors (Lipinski definition) is 7. The predicted octanol–water partition coefficient (Wildman–Crippen LogP) is 1.07. The molecule has 1 aliphatic carbocycles. The van der Waals surface area contributed by atoms with Crippen molar-refractivity contribution in [3.05, 3.63) is 0 Å². The van der Waals surface area contributed by atoms with E-state index in [1.54, 1.807) is 11.8 Å². The molecular weight excluding hydrogens is 388 g/mol. The van der Waals surface area contributed by atoms with E-state index in [-0.39, 0.29) is 47.9 Å². The maximum atomic E-state index is 12.6. The second kappa shape index (κ2) is 7.54. The quantitative estimate of drug-likeness (QED) is 0.730. The third-order valence-corrected chi connectivity index (χ3v) is 8.59. The Morgan fingerprint density at radius 3 is 2.74 bits per heavy atom. The fourth-order valence-corrected chi connectivity index (χ4v) is 7.05. The van der Waals surface area contributed by atoms with Crippen LogP contribution < -0.4 is 5.32 Å². The first-order valence-corrected chi connectivity index (χ1v) is 12.3. The first-order valence-electron chi connectivity index (χ1n) is 9.57. The number of thioether (sulfide) groups is 1. The summed E-state index contributed by atoms with van der Waals surface area (Å²) in [7, 11) is -3.13. The second-order valence-corrected chi connectivity index (χ2v) is 11.0. The summed E-state index contributed by atoms with van der Waals surface area (Å²) >= 11 is 1.63. The summed E-state index contributed by atoms with van der Waals surface area (Å²) in [5.41, 5.74) is 0.272. The third kappa shape index (κ3) is 4.21. The molecule has 2 fully saturated rings. The minimum absolute atomic E-state index is 0.0642. The van der Waals surface area contributed by atoms with Gasteiger partial charge in [0.1, 0.15) is 5.71 Å². The Hall–Kier alpha value is -1.42. The molecule has 0 aromatic heterocycles. The van der Waals surface area contributed by atoms with Crippen molar-refractivity contribution in [1.82, 2.24) is 10.3 Å². The largest absolute Gasteiger partial charge is 0.300 e. The molecule has 0 aromatic carbocycles. The van der Waals surface area contributed by atoms with Gasteiger partial charge in [-0.2, -0.15) is 5.10 Å². The normalized spacial score (nSPS) is 33.1. The lowest BCUT2D eigenvalue weighted by atomic mass is 10.1. The molecule has 1 saturated heterocycles. The van der Waals surface area contributed by atoms with Crippen LogP contribution in [0.25, 0.3) is 0 Å². The average molecular weight is 413 g/mol. The van der Waals surface area contributed by atoms with Gasteiger partial charge in [-0.05, 0) is 19.3 Å². The predicted molar refractivity (Wildman–Crippen MR) is 104 cm³/mol. The third-order valence-electron chi connectivity index (χ3n) is 5.56. The summed E-state index contributed by atoms with van der Waals surface area (Å²) in [6.45, 7) is 0. The van der Waals surface area contributed by atoms with Crippen LogP contribution in [0.1, 0.15) is 51.4 Å². The topological polar surface area (TPSA) is 108 Å². The van der Waals surface area contributed by atoms with Crippen molar-refractivity contribution in [2.24, 2.45) is 10.1 Å². The molecule has 2 amide bonds. The number of hydrogen-bond donors (Lipinski definition) is 1. The van der Waals surface area contributed by atoms with Gasteiger partial charge in [0.05, 0.1) is 23.6 Å². The highest BCUT2D eigenvalue weighted by atomic mass is 32.2. The van der Waals surface area contributed by atoms with E-state index in [0.717, 1.165) is 12.8 Å². The Morgan fingerprint density at radius 1 is 1.15 bits per heavy atom. The summed E-state index contributed by atoms with van der Waals surface area (Å²) < 4.78 is 23.4. The molecule has 0 radical (unpaired) electrons. The number of carbonyl (C=O) groups is 2. The number of hydrazone groups is 1. The molecule has 0 bridgehead atoms. The molecule has 4 aliphatic rings. The number of sulfone groups is 1. The number of aliphatic imine (C=N–C) groups is 1. The van der Waals surface area contributed by atoms with Crippen molar-refractivity contribution in [2.45, 2.75) is 68.7 Å². The summed E-state index contributed by atoms with van der Waals surface area (Å²) in [4.78, 5) is 29.5. The highest BCUT2D eigenvalue weighted by molar-refractivity contribution is 8.14. The number of rotatable bonds is 2. The smallest absolute Gasteiger partial charge is 0.273 e. The molecule has 1 N–H and O–H groups in total. The molecule has 3 aliphatic heterocycles. The monoisotopic (exact) mass is 412 g/mol. The van der Waals surface area contributed by atoms with Crippen molar-refractivity contribution in [2.75, 3.05) is 11.5 Å². The Balaban J connectivity index is 1.43. The molecule has 1 saturated carbocycles. The number of carbonyl (C=O) groups excluding carboxylic acids is 2. The SMILES string of the molecule is O=C(NC1=N[C@@H]2CCCCC[C@@H]2S1)C1=NN([C@@H]2CCS(=O)(=O)C2)C(=O)CC1. The van der Waals surface area contributed by atoms with Gasteiger partial charge in [-0.3, -0.25) is 14.6 Å². The van der Waals surface area contributed by atoms with E-state index in [4.69, 9.17) is 0 Å². The molecule has 3 heterocycles. The highest BCUT2D eigenvalue weighted by Crippen LogP contribution is 2.35. The zero-order valence-electron chi connectivity index (χ0n) is 15.1. The summed E-state index contributed by atoms with van der Waals surface area (Å²) in [6, 6.07) is -0.182. The molecule has 4 rings (SSSR count). The van der Waals surface area contributed by atoms with E-state index < -0.39 is 15.9 Å². The lowest BCUT2D eigenvalue weighted by molar-refractivity contribution is -0.133. The van der Waals surface area contributed by atoms with Gasteiger partial charge < -0.3 is 5.32 Å². The number of amidine groups is 1. The van der Waals surface area contributed by atoms with Crippen LogP contribution in [-0.4, -0.2) is 65.0 Å². The summed E-state index contributed by atoms with van der Waals surface area (Å²) in [5, 5.41) is 9.38. The molecule has 0 unspecified atom stereocenters. The average Bonchev–Trinajstić information content (AvgIpc) is 3.10. The molecule has 27 heavy (non-hydrogen) atoms. The van der Waals surface area contributed by atoms with Gasteiger partial charge >= 0.3 is 0 Å². The van der Waals surface area contributed by atoms with Crippen molar-refractivity contribution < 1.29 is 18.0 Å². The maximum absolute atomic E-state index is 12.6. The highest BCUT2D eigenvalue weighted by Gasteiger charge is 2.38. The Kier molecular flexibility index (Phi) is 5.28. The van der Waals surface area contributed by atoms with Crippen molar-refractivity contribution in [3.8, 4) is 0 Å². The second-order valence-electron chi connectivity index (χ2n) is 7.59. The van der Waals surface area contributed by atoms with Gasteiger partial charge in [-0.1, -0.05) is 31.0 Å². The maximum Gasteiger partial charge on any atom is 0.273 e. The minimum atomic E-state index is -3.13. The van der Waals surface area contributed by atoms with Gasteiger partial charge in [-0.25, -0.2) is 13.4 Å². The first kappa shape index (κ1) is 18.9. The Morgan fingerprint density at radius 2 is 1.96 bits per heavy atom. The molecule has 3 atom stereocenters. The van der Waals surface area contributed by atoms with Crippen LogP contribution in [-0.2, 0) is 19.4 Å². The van der Waals surface area contributed by atoms with E-state index in [1.807, 2.05) is 0 Å². The van der Waals surface area contributed by atoms with Crippen LogP contribution in [0, 0.1) is 0 Å². The van der Waals surface area contributed by atoms with Crippen molar-refractivity contribution in [3.63, 3.8) is 0 Å². The summed E-state index contributed by atoms with van der Waals surface area (Å²) in [5.74, 6) is -0.572. The molecule has 0 spiro atoms. The van der Waals surface area contributed by atoms with Gasteiger partial charge in [-0.15, -0.1) is 0 Å². The first-order chi connectivity index (χ1) is 12.9. The fourth-order valence-electron chi connectivity index (χ4n) is 4.08. The van der Waals surface area contributed by atoms with Crippen LogP contribution in [0.5, 0.6) is 0 Å². The lowest BCUT2D eigenvalue weighted by Gasteiger charge is -2.27. The molecule has 10 heteroatoms. The number of nitrogens with zero attached hydrogens (tertiary/aromatic N) is 3. The van der Waals surface area contributed by atoms with E-state index in [0.29, 0.717) is 16.8 Å². The Labute approximate surface area is 163 Å². The van der Waals surface area contributed by atoms with E-state index >= 15 is 0 Å². The van der Waals surface area contributed by atoms with Crippen molar-refractivity contribution in [1.29, 1.82) is 0 Å². The van der Waals surface area contributed by atoms with Crippen LogP contribution in [0.2, 0.25) is 0 Å². The zero-order valence-corrected chi connectivity index (χ0v) is 16.7. The van der Waals surface area contributed by atoms with Gasteiger partial charge in [0.25, 0.3) is 5.91 Å². The molecule has 0 aromatic rings. The van der Waals surface area contributed by atoms with Crippen LogP contribution in [0.15, 0.2) is 10.1 Å². The lowest BCUT2D eigenvalue weighted by Crippen LogP contribution is -2.44. The Bertz CT molecular complexity index is 808. The fraction of sp³-hybridized carbons (Fsp3) is 0.765. The van der Waals surface area contributed by atoms with Crippen LogP contribution >= 0.6 is 11.8 Å². The number of fused-ring (bicyclic) bond motifs is 1. The molecule has 148 valence electrons. The van der Waals surface area contributed by atoms with Gasteiger partial charge in [0.15, 0.2) is 15.0 Å².